The van der Waals surface area contributed by atoms with Crippen molar-refractivity contribution in [2.75, 3.05) is 11.1 Å². The Hall–Kier alpha value is -1.75. The van der Waals surface area contributed by atoms with E-state index in [1.165, 1.54) is 6.26 Å². The van der Waals surface area contributed by atoms with Gasteiger partial charge in [-0.1, -0.05) is 0 Å². The summed E-state index contributed by atoms with van der Waals surface area (Å²) in [6.07, 6.45) is 1.45. The van der Waals surface area contributed by atoms with Crippen LogP contribution in [0.15, 0.2) is 45.5 Å². The Bertz CT molecular complexity index is 509. The molecule has 1 aromatic heterocycles. The van der Waals surface area contributed by atoms with Gasteiger partial charge in [0.1, 0.15) is 0 Å². The Labute approximate surface area is 101 Å². The second kappa shape index (κ2) is 4.40. The summed E-state index contributed by atoms with van der Waals surface area (Å²) in [6.45, 7) is 0. The maximum Gasteiger partial charge on any atom is 0.291 e. The molecule has 16 heavy (non-hydrogen) atoms. The second-order valence-electron chi connectivity index (χ2n) is 3.17. The molecule has 0 saturated heterocycles. The lowest BCUT2D eigenvalue weighted by molar-refractivity contribution is 0.0996. The number of nitrogen functional groups attached to an aromatic ring is 1. The van der Waals surface area contributed by atoms with Crippen molar-refractivity contribution in [3.05, 3.63) is 46.8 Å². The molecule has 0 saturated carbocycles. The minimum atomic E-state index is -0.299. The molecule has 2 rings (SSSR count). The highest BCUT2D eigenvalue weighted by Gasteiger charge is 2.08. The van der Waals surface area contributed by atoms with Gasteiger partial charge in [-0.25, -0.2) is 0 Å². The maximum atomic E-state index is 11.6. The van der Waals surface area contributed by atoms with Crippen LogP contribution in [0.2, 0.25) is 0 Å². The van der Waals surface area contributed by atoms with Crippen LogP contribution in [0, 0.1) is 0 Å². The average Bonchev–Trinajstić information content (AvgIpc) is 2.77. The minimum absolute atomic E-state index is 0.265. The number of hydrogen-bond donors (Lipinski definition) is 2. The first-order valence-corrected chi connectivity index (χ1v) is 5.36. The number of halogens is 1. The molecule has 3 N–H and O–H groups in total. The van der Waals surface area contributed by atoms with Crippen LogP contribution in [-0.4, -0.2) is 5.91 Å². The minimum Gasteiger partial charge on any atom is -0.459 e. The van der Waals surface area contributed by atoms with Gasteiger partial charge in [-0.15, -0.1) is 0 Å². The fourth-order valence-corrected chi connectivity index (χ4v) is 1.47. The first-order chi connectivity index (χ1) is 7.66. The van der Waals surface area contributed by atoms with E-state index in [2.05, 4.69) is 21.2 Å². The summed E-state index contributed by atoms with van der Waals surface area (Å²) < 4.78 is 5.76. The van der Waals surface area contributed by atoms with Crippen LogP contribution in [0.3, 0.4) is 0 Å². The van der Waals surface area contributed by atoms with E-state index in [9.17, 15) is 4.79 Å². The van der Waals surface area contributed by atoms with Crippen molar-refractivity contribution in [2.45, 2.75) is 0 Å². The van der Waals surface area contributed by atoms with Gasteiger partial charge in [0.25, 0.3) is 5.91 Å². The molecule has 0 fully saturated rings. The molecule has 4 nitrogen and oxygen atoms in total. The van der Waals surface area contributed by atoms with Crippen LogP contribution >= 0.6 is 15.9 Å². The molecule has 2 aromatic rings. The van der Waals surface area contributed by atoms with Crippen LogP contribution < -0.4 is 11.1 Å². The highest BCUT2D eigenvalue weighted by Crippen LogP contribution is 2.23. The third-order valence-electron chi connectivity index (χ3n) is 2.00. The molecule has 0 spiro atoms. The monoisotopic (exact) mass is 280 g/mol. The van der Waals surface area contributed by atoms with Gasteiger partial charge in [0.05, 0.1) is 6.26 Å². The van der Waals surface area contributed by atoms with Crippen molar-refractivity contribution in [3.8, 4) is 0 Å². The summed E-state index contributed by atoms with van der Waals surface area (Å²) in [7, 11) is 0. The number of carbonyl (C=O) groups excluding carboxylic acids is 1. The van der Waals surface area contributed by atoms with E-state index in [-0.39, 0.29) is 11.7 Å². The van der Waals surface area contributed by atoms with E-state index in [0.717, 1.165) is 4.47 Å². The third-order valence-corrected chi connectivity index (χ3v) is 2.72. The molecule has 0 bridgehead atoms. The van der Waals surface area contributed by atoms with E-state index in [4.69, 9.17) is 10.2 Å². The summed E-state index contributed by atoms with van der Waals surface area (Å²) in [4.78, 5) is 11.6. The Morgan fingerprint density at radius 1 is 1.38 bits per heavy atom. The predicted octanol–water partition coefficient (Wildman–Crippen LogP) is 2.88. The number of benzene rings is 1. The standard InChI is InChI=1S/C11H9BrN2O2/c12-8-4-3-7(6-9(8)13)14-11(15)10-2-1-5-16-10/h1-6H,13H2,(H,14,15). The van der Waals surface area contributed by atoms with Gasteiger partial charge in [0.2, 0.25) is 0 Å². The molecule has 1 heterocycles. The summed E-state index contributed by atoms with van der Waals surface area (Å²) in [5, 5.41) is 2.68. The molecule has 1 amide bonds. The number of nitrogens with one attached hydrogen (secondary N) is 1. The lowest BCUT2D eigenvalue weighted by Crippen LogP contribution is -2.10. The number of rotatable bonds is 2. The molecule has 0 atom stereocenters. The second-order valence-corrected chi connectivity index (χ2v) is 4.02. The van der Waals surface area contributed by atoms with Crippen molar-refractivity contribution in [1.29, 1.82) is 0 Å². The smallest absolute Gasteiger partial charge is 0.291 e. The third kappa shape index (κ3) is 2.25. The Morgan fingerprint density at radius 2 is 2.19 bits per heavy atom. The Balaban J connectivity index is 2.15. The van der Waals surface area contributed by atoms with Crippen LogP contribution in [0.4, 0.5) is 11.4 Å². The Morgan fingerprint density at radius 3 is 2.81 bits per heavy atom. The van der Waals surface area contributed by atoms with Crippen LogP contribution in [0.5, 0.6) is 0 Å². The van der Waals surface area contributed by atoms with Gasteiger partial charge in [0.15, 0.2) is 5.76 Å². The van der Waals surface area contributed by atoms with E-state index in [1.54, 1.807) is 30.3 Å². The lowest BCUT2D eigenvalue weighted by Gasteiger charge is -2.05. The van der Waals surface area contributed by atoms with Crippen LogP contribution in [-0.2, 0) is 0 Å². The van der Waals surface area contributed by atoms with Crippen molar-refractivity contribution in [3.63, 3.8) is 0 Å². The molecular formula is C11H9BrN2O2. The van der Waals surface area contributed by atoms with Crippen molar-refractivity contribution in [2.24, 2.45) is 0 Å². The fraction of sp³-hybridized carbons (Fsp3) is 0. The number of furan rings is 1. The molecule has 0 aliphatic heterocycles. The zero-order chi connectivity index (χ0) is 11.5. The van der Waals surface area contributed by atoms with Crippen molar-refractivity contribution < 1.29 is 9.21 Å². The molecule has 0 radical (unpaired) electrons. The quantitative estimate of drug-likeness (QED) is 0.832. The highest BCUT2D eigenvalue weighted by atomic mass is 79.9. The van der Waals surface area contributed by atoms with Crippen LogP contribution in [0.1, 0.15) is 10.6 Å². The van der Waals surface area contributed by atoms with Crippen molar-refractivity contribution in [1.82, 2.24) is 0 Å². The summed E-state index contributed by atoms with van der Waals surface area (Å²) in [5.41, 5.74) is 6.89. The number of anilines is 2. The highest BCUT2D eigenvalue weighted by molar-refractivity contribution is 9.10. The molecule has 0 unspecified atom stereocenters. The number of hydrogen-bond acceptors (Lipinski definition) is 3. The maximum absolute atomic E-state index is 11.6. The lowest BCUT2D eigenvalue weighted by atomic mass is 10.3. The van der Waals surface area contributed by atoms with Crippen molar-refractivity contribution >= 4 is 33.2 Å². The molecule has 1 aromatic carbocycles. The molecule has 5 heteroatoms. The first kappa shape index (κ1) is 10.8. The number of amides is 1. The van der Waals surface area contributed by atoms with E-state index in [1.807, 2.05) is 0 Å². The SMILES string of the molecule is Nc1cc(NC(=O)c2ccco2)ccc1Br. The molecule has 0 aliphatic carbocycles. The zero-order valence-electron chi connectivity index (χ0n) is 8.24. The number of nitrogens with two attached hydrogens (primary N) is 1. The zero-order valence-corrected chi connectivity index (χ0v) is 9.82. The van der Waals surface area contributed by atoms with E-state index in [0.29, 0.717) is 11.4 Å². The van der Waals surface area contributed by atoms with Gasteiger partial charge in [0, 0.05) is 15.8 Å². The summed E-state index contributed by atoms with van der Waals surface area (Å²) >= 11 is 3.28. The summed E-state index contributed by atoms with van der Waals surface area (Å²) in [6, 6.07) is 8.45. The van der Waals surface area contributed by atoms with Gasteiger partial charge < -0.3 is 15.5 Å². The van der Waals surface area contributed by atoms with E-state index < -0.39 is 0 Å². The van der Waals surface area contributed by atoms with E-state index >= 15 is 0 Å². The van der Waals surface area contributed by atoms with Gasteiger partial charge >= 0.3 is 0 Å². The first-order valence-electron chi connectivity index (χ1n) is 4.56. The van der Waals surface area contributed by atoms with Crippen LogP contribution in [0.25, 0.3) is 0 Å². The molecule has 0 aliphatic rings. The number of carbonyl (C=O) groups is 1. The molecule has 82 valence electrons. The average molecular weight is 281 g/mol. The molecular weight excluding hydrogens is 272 g/mol. The normalized spacial score (nSPS) is 10.1. The van der Waals surface area contributed by atoms with Gasteiger partial charge in [-0.05, 0) is 46.3 Å². The predicted molar refractivity (Wildman–Crippen MR) is 65.2 cm³/mol. The fourth-order valence-electron chi connectivity index (χ4n) is 1.22. The summed E-state index contributed by atoms with van der Waals surface area (Å²) in [5.74, 6) is -0.0341. The topological polar surface area (TPSA) is 68.3 Å². The Kier molecular flexibility index (Phi) is 2.96. The largest absolute Gasteiger partial charge is 0.459 e. The van der Waals surface area contributed by atoms with Gasteiger partial charge in [-0.2, -0.15) is 0 Å². The van der Waals surface area contributed by atoms with Gasteiger partial charge in [-0.3, -0.25) is 4.79 Å².